The van der Waals surface area contributed by atoms with Crippen LogP contribution >= 0.6 is 23.1 Å². The number of halogens is 1. The third-order valence-electron chi connectivity index (χ3n) is 4.50. The average molecular weight is 474 g/mol. The third kappa shape index (κ3) is 5.54. The average Bonchev–Trinajstić information content (AvgIpc) is 3.19. The van der Waals surface area contributed by atoms with Crippen molar-refractivity contribution < 1.29 is 13.2 Å². The molecule has 1 heterocycles. The third-order valence-corrected chi connectivity index (χ3v) is 7.05. The summed E-state index contributed by atoms with van der Waals surface area (Å²) in [5.74, 6) is 2.00. The zero-order valence-electron chi connectivity index (χ0n) is 16.4. The molecule has 2 N–H and O–H groups in total. The van der Waals surface area contributed by atoms with Crippen LogP contribution in [-0.4, -0.2) is 25.9 Å². The molecule has 6 nitrogen and oxygen atoms in total. The maximum Gasteiger partial charge on any atom is 0.240 e. The summed E-state index contributed by atoms with van der Waals surface area (Å²) in [7, 11) is -3.59. The molecule has 31 heavy (non-hydrogen) atoms. The van der Waals surface area contributed by atoms with Gasteiger partial charge in [0.05, 0.1) is 9.60 Å². The van der Waals surface area contributed by atoms with Gasteiger partial charge < -0.3 is 10.1 Å². The highest BCUT2D eigenvalue weighted by Crippen LogP contribution is 2.26. The van der Waals surface area contributed by atoms with E-state index in [0.717, 1.165) is 15.9 Å². The highest BCUT2D eigenvalue weighted by molar-refractivity contribution is 7.89. The molecule has 0 aliphatic carbocycles. The van der Waals surface area contributed by atoms with E-state index >= 15 is 0 Å². The molecule has 0 fully saturated rings. The topological polar surface area (TPSA) is 80.3 Å². The first-order valence-electron chi connectivity index (χ1n) is 9.63. The lowest BCUT2D eigenvalue weighted by atomic mass is 10.2. The number of ether oxygens (including phenoxy) is 1. The van der Waals surface area contributed by atoms with Gasteiger partial charge in [0.25, 0.3) is 0 Å². The lowest BCUT2D eigenvalue weighted by Crippen LogP contribution is -2.26. The highest BCUT2D eigenvalue weighted by atomic mass is 35.5. The number of fused-ring (bicyclic) bond motifs is 1. The summed E-state index contributed by atoms with van der Waals surface area (Å²) in [6.07, 6.45) is 0.628. The molecule has 0 saturated heterocycles. The molecule has 160 valence electrons. The van der Waals surface area contributed by atoms with Gasteiger partial charge in [-0.25, -0.2) is 13.1 Å². The van der Waals surface area contributed by atoms with Crippen molar-refractivity contribution in [2.75, 3.05) is 18.4 Å². The normalized spacial score (nSPS) is 11.5. The van der Waals surface area contributed by atoms with Crippen molar-refractivity contribution in [3.63, 3.8) is 0 Å². The number of sulfonamides is 1. The Hall–Kier alpha value is -2.65. The van der Waals surface area contributed by atoms with Gasteiger partial charge in [-0.3, -0.25) is 0 Å². The van der Waals surface area contributed by atoms with Crippen LogP contribution in [0.4, 0.5) is 5.82 Å². The van der Waals surface area contributed by atoms with Gasteiger partial charge in [-0.05, 0) is 78.6 Å². The van der Waals surface area contributed by atoms with E-state index in [1.807, 2.05) is 24.3 Å². The molecule has 0 spiro atoms. The Kier molecular flexibility index (Phi) is 6.72. The van der Waals surface area contributed by atoms with Crippen LogP contribution in [0.25, 0.3) is 10.1 Å². The number of anilines is 1. The van der Waals surface area contributed by atoms with E-state index in [4.69, 9.17) is 16.3 Å². The molecule has 0 amide bonds. The predicted molar refractivity (Wildman–Crippen MR) is 126 cm³/mol. The molecule has 4 aromatic rings. The maximum atomic E-state index is 12.5. The van der Waals surface area contributed by atoms with E-state index in [-0.39, 0.29) is 4.90 Å². The molecular formula is C22H20ClN3O3S2. The van der Waals surface area contributed by atoms with Crippen molar-refractivity contribution in [1.29, 1.82) is 0 Å². The van der Waals surface area contributed by atoms with E-state index in [9.17, 15) is 8.42 Å². The number of nitrogens with one attached hydrogen (secondary N) is 2. The Morgan fingerprint density at radius 1 is 0.903 bits per heavy atom. The standard InChI is InChI=1S/C22H20ClN3O3S2/c23-16-6-8-17(9-7-16)29-18-10-12-19(13-11-18)31(27,28)25-15-3-14-24-22-20-4-1-2-5-21(20)30-26-22/h1-2,4-13,25H,3,14-15H2,(H,24,26). The van der Waals surface area contributed by atoms with E-state index in [1.165, 1.54) is 23.7 Å². The molecule has 0 unspecified atom stereocenters. The number of hydrogen-bond acceptors (Lipinski definition) is 6. The molecule has 0 bridgehead atoms. The highest BCUT2D eigenvalue weighted by Gasteiger charge is 2.13. The van der Waals surface area contributed by atoms with E-state index in [1.54, 1.807) is 36.4 Å². The number of benzene rings is 3. The Bertz CT molecular complexity index is 1260. The molecule has 9 heteroatoms. The monoisotopic (exact) mass is 473 g/mol. The summed E-state index contributed by atoms with van der Waals surface area (Å²) in [5.41, 5.74) is 0. The Balaban J connectivity index is 1.27. The molecule has 0 saturated carbocycles. The lowest BCUT2D eigenvalue weighted by Gasteiger charge is -2.09. The number of rotatable bonds is 9. The molecule has 0 aliphatic heterocycles. The summed E-state index contributed by atoms with van der Waals surface area (Å²) in [5, 5.41) is 4.97. The SMILES string of the molecule is O=S(=O)(NCCCNc1nsc2ccccc12)c1ccc(Oc2ccc(Cl)cc2)cc1. The zero-order chi connectivity index (χ0) is 21.7. The van der Waals surface area contributed by atoms with Gasteiger partial charge >= 0.3 is 0 Å². The fourth-order valence-electron chi connectivity index (χ4n) is 2.92. The van der Waals surface area contributed by atoms with Gasteiger partial charge in [0.15, 0.2) is 0 Å². The summed E-state index contributed by atoms with van der Waals surface area (Å²) < 4.78 is 38.9. The van der Waals surface area contributed by atoms with Crippen LogP contribution in [0.15, 0.2) is 77.7 Å². The first-order chi connectivity index (χ1) is 15.0. The summed E-state index contributed by atoms with van der Waals surface area (Å²) in [4.78, 5) is 0.189. The second-order valence-electron chi connectivity index (χ2n) is 6.73. The van der Waals surface area contributed by atoms with Crippen molar-refractivity contribution in [1.82, 2.24) is 9.10 Å². The van der Waals surface area contributed by atoms with E-state index in [2.05, 4.69) is 14.4 Å². The van der Waals surface area contributed by atoms with Crippen molar-refractivity contribution in [3.05, 3.63) is 77.8 Å². The maximum absolute atomic E-state index is 12.5. The minimum atomic E-state index is -3.59. The first kappa shape index (κ1) is 21.6. The van der Waals surface area contributed by atoms with Gasteiger partial charge in [0.1, 0.15) is 17.3 Å². The summed E-state index contributed by atoms with van der Waals surface area (Å²) in [6.45, 7) is 0.935. The van der Waals surface area contributed by atoms with Crippen LogP contribution in [0.1, 0.15) is 6.42 Å². The summed E-state index contributed by atoms with van der Waals surface area (Å²) in [6, 6.07) is 21.2. The van der Waals surface area contributed by atoms with Crippen molar-refractivity contribution >= 4 is 49.1 Å². The van der Waals surface area contributed by atoms with Crippen LogP contribution in [-0.2, 0) is 10.0 Å². The second-order valence-corrected chi connectivity index (χ2v) is 9.74. The lowest BCUT2D eigenvalue weighted by molar-refractivity contribution is 0.482. The molecule has 3 aromatic carbocycles. The number of aromatic nitrogens is 1. The molecule has 0 atom stereocenters. The van der Waals surface area contributed by atoms with Crippen LogP contribution in [0.2, 0.25) is 5.02 Å². The van der Waals surface area contributed by atoms with Gasteiger partial charge in [0.2, 0.25) is 10.0 Å². The van der Waals surface area contributed by atoms with E-state index < -0.39 is 10.0 Å². The van der Waals surface area contributed by atoms with Gasteiger partial charge in [0, 0.05) is 23.5 Å². The Labute approximate surface area is 190 Å². The van der Waals surface area contributed by atoms with Crippen LogP contribution in [0.3, 0.4) is 0 Å². The van der Waals surface area contributed by atoms with E-state index in [0.29, 0.717) is 36.0 Å². The minimum absolute atomic E-state index is 0.189. The number of nitrogens with zero attached hydrogens (tertiary/aromatic N) is 1. The van der Waals surface area contributed by atoms with Gasteiger partial charge in [-0.15, -0.1) is 0 Å². The van der Waals surface area contributed by atoms with Gasteiger partial charge in [-0.1, -0.05) is 23.7 Å². The molecule has 4 rings (SSSR count). The second kappa shape index (κ2) is 9.65. The predicted octanol–water partition coefficient (Wildman–Crippen LogP) is 5.52. The van der Waals surface area contributed by atoms with Crippen molar-refractivity contribution in [3.8, 4) is 11.5 Å². The fraction of sp³-hybridized carbons (Fsp3) is 0.136. The van der Waals surface area contributed by atoms with Crippen molar-refractivity contribution in [2.45, 2.75) is 11.3 Å². The Morgan fingerprint density at radius 3 is 2.32 bits per heavy atom. The number of hydrogen-bond donors (Lipinski definition) is 2. The summed E-state index contributed by atoms with van der Waals surface area (Å²) >= 11 is 7.30. The largest absolute Gasteiger partial charge is 0.457 e. The van der Waals surface area contributed by atoms with Crippen LogP contribution in [0.5, 0.6) is 11.5 Å². The molecule has 0 radical (unpaired) electrons. The quantitative estimate of drug-likeness (QED) is 0.313. The fourth-order valence-corrected chi connectivity index (χ4v) is 4.88. The molecule has 1 aromatic heterocycles. The first-order valence-corrected chi connectivity index (χ1v) is 12.3. The molecule has 0 aliphatic rings. The van der Waals surface area contributed by atoms with Crippen molar-refractivity contribution in [2.24, 2.45) is 0 Å². The minimum Gasteiger partial charge on any atom is -0.457 e. The van der Waals surface area contributed by atoms with Crippen LogP contribution < -0.4 is 14.8 Å². The Morgan fingerprint density at radius 2 is 1.58 bits per heavy atom. The molecular weight excluding hydrogens is 454 g/mol. The van der Waals surface area contributed by atoms with Crippen LogP contribution in [0, 0.1) is 0 Å². The zero-order valence-corrected chi connectivity index (χ0v) is 18.8. The van der Waals surface area contributed by atoms with Gasteiger partial charge in [-0.2, -0.15) is 4.37 Å². The smallest absolute Gasteiger partial charge is 0.240 e.